The monoisotopic (exact) mass is 309 g/mol. The number of carbonyl (C=O) groups is 1. The molecule has 5 nitrogen and oxygen atoms in total. The van der Waals surface area contributed by atoms with Crippen molar-refractivity contribution in [2.75, 3.05) is 39.1 Å². The van der Waals surface area contributed by atoms with Gasteiger partial charge < -0.3 is 20.7 Å². The zero-order valence-corrected chi connectivity index (χ0v) is 12.7. The van der Waals surface area contributed by atoms with Crippen LogP contribution < -0.4 is 15.8 Å². The number of nitrogens with two attached hydrogens (primary N) is 1. The van der Waals surface area contributed by atoms with Crippen LogP contribution in [0.3, 0.4) is 0 Å². The van der Waals surface area contributed by atoms with E-state index < -0.39 is 0 Å². The molecule has 0 spiro atoms. The van der Waals surface area contributed by atoms with Gasteiger partial charge in [-0.3, -0.25) is 4.79 Å². The van der Waals surface area contributed by atoms with Gasteiger partial charge in [0.25, 0.3) is 0 Å². The van der Waals surface area contributed by atoms with Crippen molar-refractivity contribution in [3.63, 3.8) is 0 Å². The van der Waals surface area contributed by atoms with Gasteiger partial charge in [-0.2, -0.15) is 0 Å². The maximum atomic E-state index is 11.0. The molecule has 0 bridgehead atoms. The van der Waals surface area contributed by atoms with Gasteiger partial charge in [-0.1, -0.05) is 0 Å². The fourth-order valence-corrected chi connectivity index (χ4v) is 1.19. The molecular weight excluding hydrogens is 289 g/mol. The molecule has 0 unspecified atom stereocenters. The minimum atomic E-state index is -0.203. The summed E-state index contributed by atoms with van der Waals surface area (Å²) in [6.07, 6.45) is 0. The number of likely N-dealkylation sites (N-methyl/N-ethyl adjacent to an activating group) is 1. The first-order valence-electron chi connectivity index (χ1n) is 5.49. The van der Waals surface area contributed by atoms with E-state index in [-0.39, 0.29) is 37.3 Å². The molecule has 0 aromatic heterocycles. The van der Waals surface area contributed by atoms with Crippen LogP contribution in [0.5, 0.6) is 5.75 Å². The van der Waals surface area contributed by atoms with Gasteiger partial charge in [0.2, 0.25) is 5.91 Å². The summed E-state index contributed by atoms with van der Waals surface area (Å²) in [6, 6.07) is 7.22. The number of carbonyl (C=O) groups excluding carboxylic acids is 1. The summed E-state index contributed by atoms with van der Waals surface area (Å²) < 4.78 is 5.52. The third-order valence-corrected chi connectivity index (χ3v) is 2.13. The van der Waals surface area contributed by atoms with Crippen LogP contribution in [-0.2, 0) is 4.79 Å². The Morgan fingerprint density at radius 3 is 2.32 bits per heavy atom. The average Bonchev–Trinajstić information content (AvgIpc) is 2.31. The fourth-order valence-electron chi connectivity index (χ4n) is 1.19. The Morgan fingerprint density at radius 2 is 1.84 bits per heavy atom. The molecule has 0 saturated heterocycles. The van der Waals surface area contributed by atoms with Crippen molar-refractivity contribution in [3.8, 4) is 5.75 Å². The molecule has 19 heavy (non-hydrogen) atoms. The lowest BCUT2D eigenvalue weighted by Crippen LogP contribution is -2.21. The largest absolute Gasteiger partial charge is 0.492 e. The van der Waals surface area contributed by atoms with Crippen LogP contribution in [0.15, 0.2) is 24.3 Å². The van der Waals surface area contributed by atoms with Crippen molar-refractivity contribution in [2.24, 2.45) is 5.73 Å². The molecule has 0 aliphatic heterocycles. The number of hydrogen-bond acceptors (Lipinski definition) is 4. The van der Waals surface area contributed by atoms with Crippen LogP contribution >= 0.6 is 24.8 Å². The van der Waals surface area contributed by atoms with E-state index in [2.05, 4.69) is 10.2 Å². The Morgan fingerprint density at radius 1 is 1.26 bits per heavy atom. The predicted molar refractivity (Wildman–Crippen MR) is 82.7 cm³/mol. The molecule has 1 aromatic carbocycles. The predicted octanol–water partition coefficient (Wildman–Crippen LogP) is 1.37. The van der Waals surface area contributed by atoms with Crippen LogP contribution in [0.4, 0.5) is 5.69 Å². The Labute approximate surface area is 126 Å². The number of amides is 1. The zero-order valence-electron chi connectivity index (χ0n) is 11.1. The van der Waals surface area contributed by atoms with E-state index in [1.165, 1.54) is 0 Å². The van der Waals surface area contributed by atoms with Gasteiger partial charge in [-0.25, -0.2) is 0 Å². The second-order valence-electron chi connectivity index (χ2n) is 3.93. The number of nitrogens with zero attached hydrogens (tertiary/aromatic N) is 1. The standard InChI is InChI=1S/C12H19N3O2.2ClH/c1-15(2)7-8-17-11-5-3-10(4-6-11)14-12(16)9-13;;/h3-6H,7-9,13H2,1-2H3,(H,14,16);2*1H. The topological polar surface area (TPSA) is 67.6 Å². The quantitative estimate of drug-likeness (QED) is 0.833. The molecule has 0 heterocycles. The van der Waals surface area contributed by atoms with Gasteiger partial charge in [0.05, 0.1) is 6.54 Å². The second-order valence-corrected chi connectivity index (χ2v) is 3.93. The van der Waals surface area contributed by atoms with E-state index >= 15 is 0 Å². The van der Waals surface area contributed by atoms with Crippen molar-refractivity contribution in [3.05, 3.63) is 24.3 Å². The maximum absolute atomic E-state index is 11.0. The van der Waals surface area contributed by atoms with Crippen LogP contribution in [-0.4, -0.2) is 44.6 Å². The highest BCUT2D eigenvalue weighted by Gasteiger charge is 1.99. The highest BCUT2D eigenvalue weighted by Crippen LogP contribution is 2.15. The number of rotatable bonds is 6. The van der Waals surface area contributed by atoms with E-state index in [1.807, 2.05) is 26.2 Å². The minimum Gasteiger partial charge on any atom is -0.492 e. The van der Waals surface area contributed by atoms with Crippen molar-refractivity contribution in [1.29, 1.82) is 0 Å². The summed E-state index contributed by atoms with van der Waals surface area (Å²) in [6.45, 7) is 1.49. The SMILES string of the molecule is CN(C)CCOc1ccc(NC(=O)CN)cc1.Cl.Cl. The first-order chi connectivity index (χ1) is 8.11. The third-order valence-electron chi connectivity index (χ3n) is 2.13. The van der Waals surface area contributed by atoms with Crippen molar-refractivity contribution >= 4 is 36.4 Å². The molecule has 0 fully saturated rings. The molecular formula is C12H21Cl2N3O2. The lowest BCUT2D eigenvalue weighted by molar-refractivity contribution is -0.114. The second kappa shape index (κ2) is 10.9. The molecule has 0 aliphatic rings. The lowest BCUT2D eigenvalue weighted by Gasteiger charge is -2.11. The summed E-state index contributed by atoms with van der Waals surface area (Å²) in [5.74, 6) is 0.587. The van der Waals surface area contributed by atoms with E-state index in [0.717, 1.165) is 18.0 Å². The summed E-state index contributed by atoms with van der Waals surface area (Å²) in [4.78, 5) is 13.1. The molecule has 1 aromatic rings. The molecule has 1 amide bonds. The van der Waals surface area contributed by atoms with Crippen molar-refractivity contribution in [2.45, 2.75) is 0 Å². The number of nitrogens with one attached hydrogen (secondary N) is 1. The Bertz CT molecular complexity index is 358. The fraction of sp³-hybridized carbons (Fsp3) is 0.417. The Hall–Kier alpha value is -1.01. The van der Waals surface area contributed by atoms with Crippen LogP contribution in [0, 0.1) is 0 Å². The molecule has 0 atom stereocenters. The van der Waals surface area contributed by atoms with Gasteiger partial charge in [-0.05, 0) is 38.4 Å². The third kappa shape index (κ3) is 8.67. The number of halogens is 2. The summed E-state index contributed by atoms with van der Waals surface area (Å²) >= 11 is 0. The molecule has 110 valence electrons. The van der Waals surface area contributed by atoms with Gasteiger partial charge >= 0.3 is 0 Å². The molecule has 7 heteroatoms. The number of benzene rings is 1. The summed E-state index contributed by atoms with van der Waals surface area (Å²) in [5, 5.41) is 2.67. The van der Waals surface area contributed by atoms with E-state index in [0.29, 0.717) is 6.61 Å². The van der Waals surface area contributed by atoms with Gasteiger partial charge in [-0.15, -0.1) is 24.8 Å². The minimum absolute atomic E-state index is 0. The van der Waals surface area contributed by atoms with E-state index in [9.17, 15) is 4.79 Å². The number of anilines is 1. The smallest absolute Gasteiger partial charge is 0.238 e. The lowest BCUT2D eigenvalue weighted by atomic mass is 10.3. The van der Waals surface area contributed by atoms with Crippen LogP contribution in [0.2, 0.25) is 0 Å². The maximum Gasteiger partial charge on any atom is 0.238 e. The van der Waals surface area contributed by atoms with Gasteiger partial charge in [0.1, 0.15) is 12.4 Å². The Kier molecular flexibility index (Phi) is 11.6. The highest BCUT2D eigenvalue weighted by atomic mass is 35.5. The van der Waals surface area contributed by atoms with E-state index in [1.54, 1.807) is 12.1 Å². The van der Waals surface area contributed by atoms with E-state index in [4.69, 9.17) is 10.5 Å². The van der Waals surface area contributed by atoms with Gasteiger partial charge in [0.15, 0.2) is 0 Å². The average molecular weight is 310 g/mol. The van der Waals surface area contributed by atoms with Crippen LogP contribution in [0.25, 0.3) is 0 Å². The molecule has 1 rings (SSSR count). The first-order valence-corrected chi connectivity index (χ1v) is 5.49. The number of hydrogen-bond donors (Lipinski definition) is 2. The molecule has 3 N–H and O–H groups in total. The molecule has 0 aliphatic carbocycles. The highest BCUT2D eigenvalue weighted by molar-refractivity contribution is 5.92. The normalized spacial score (nSPS) is 9.26. The number of ether oxygens (including phenoxy) is 1. The summed E-state index contributed by atoms with van der Waals surface area (Å²) in [7, 11) is 3.99. The first kappa shape index (κ1) is 20.3. The zero-order chi connectivity index (χ0) is 12.7. The van der Waals surface area contributed by atoms with Crippen molar-refractivity contribution in [1.82, 2.24) is 4.90 Å². The Balaban J connectivity index is 0. The molecule has 0 radical (unpaired) electrons. The molecule has 0 saturated carbocycles. The van der Waals surface area contributed by atoms with Crippen LogP contribution in [0.1, 0.15) is 0 Å². The van der Waals surface area contributed by atoms with Crippen molar-refractivity contribution < 1.29 is 9.53 Å². The van der Waals surface area contributed by atoms with Gasteiger partial charge in [0, 0.05) is 12.2 Å². The summed E-state index contributed by atoms with van der Waals surface area (Å²) in [5.41, 5.74) is 5.93.